The first kappa shape index (κ1) is 18.9. The minimum atomic E-state index is -0.499. The first-order valence-electron chi connectivity index (χ1n) is 9.98. The second kappa shape index (κ2) is 7.61. The molecule has 8 heteroatoms. The topological polar surface area (TPSA) is 115 Å². The van der Waals surface area contributed by atoms with E-state index in [2.05, 4.69) is 16.3 Å². The number of fused-ring (bicyclic) bond motifs is 2. The number of nitriles is 1. The van der Waals surface area contributed by atoms with Crippen molar-refractivity contribution in [3.05, 3.63) is 65.0 Å². The van der Waals surface area contributed by atoms with Gasteiger partial charge >= 0.3 is 0 Å². The fourth-order valence-electron chi connectivity index (χ4n) is 3.89. The number of benzene rings is 2. The zero-order chi connectivity index (χ0) is 21.4. The Labute approximate surface area is 178 Å². The number of H-pyrrole nitrogens is 1. The van der Waals surface area contributed by atoms with Crippen LogP contribution in [-0.4, -0.2) is 23.6 Å². The normalized spacial score (nSPS) is 16.5. The second-order valence-electron chi connectivity index (χ2n) is 7.20. The van der Waals surface area contributed by atoms with Gasteiger partial charge < -0.3 is 24.7 Å². The van der Waals surface area contributed by atoms with Crippen molar-refractivity contribution in [3.63, 3.8) is 0 Å². The van der Waals surface area contributed by atoms with E-state index < -0.39 is 5.92 Å². The lowest BCUT2D eigenvalue weighted by Gasteiger charge is -2.25. The Balaban J connectivity index is 1.69. The summed E-state index contributed by atoms with van der Waals surface area (Å²) in [6.45, 7) is 2.79. The van der Waals surface area contributed by atoms with Crippen molar-refractivity contribution < 1.29 is 18.9 Å². The molecule has 1 aromatic heterocycles. The number of hydrogen-bond acceptors (Lipinski definition) is 7. The van der Waals surface area contributed by atoms with Gasteiger partial charge in [-0.15, -0.1) is 5.10 Å². The van der Waals surface area contributed by atoms with E-state index in [1.165, 1.54) is 0 Å². The molecule has 3 N–H and O–H groups in total. The Kier molecular flexibility index (Phi) is 4.64. The summed E-state index contributed by atoms with van der Waals surface area (Å²) in [6, 6.07) is 15.5. The smallest absolute Gasteiger partial charge is 0.244 e. The molecule has 1 atom stereocenters. The van der Waals surface area contributed by atoms with Crippen LogP contribution in [0.3, 0.4) is 0 Å². The lowest BCUT2D eigenvalue weighted by atomic mass is 9.82. The van der Waals surface area contributed by atoms with Crippen LogP contribution in [0.5, 0.6) is 23.1 Å². The highest BCUT2D eigenvalue weighted by molar-refractivity contribution is 5.73. The first-order chi connectivity index (χ1) is 15.2. The summed E-state index contributed by atoms with van der Waals surface area (Å²) in [5.74, 6) is 1.90. The van der Waals surface area contributed by atoms with Crippen molar-refractivity contribution in [1.82, 2.24) is 10.2 Å². The zero-order valence-corrected chi connectivity index (χ0v) is 16.8. The number of nitrogens with one attached hydrogen (secondary N) is 1. The quantitative estimate of drug-likeness (QED) is 0.650. The summed E-state index contributed by atoms with van der Waals surface area (Å²) in [5.41, 5.74) is 9.50. The highest BCUT2D eigenvalue weighted by atomic mass is 16.7. The number of nitrogens with zero attached hydrogens (tertiary/aromatic N) is 2. The zero-order valence-electron chi connectivity index (χ0n) is 16.8. The van der Waals surface area contributed by atoms with E-state index in [1.807, 2.05) is 49.4 Å². The molecule has 3 aromatic rings. The lowest BCUT2D eigenvalue weighted by molar-refractivity contribution is 0.174. The maximum absolute atomic E-state index is 9.94. The predicted molar refractivity (Wildman–Crippen MR) is 112 cm³/mol. The molecule has 0 amide bonds. The van der Waals surface area contributed by atoms with Crippen molar-refractivity contribution in [3.8, 4) is 40.5 Å². The van der Waals surface area contributed by atoms with Gasteiger partial charge in [0.25, 0.3) is 0 Å². The summed E-state index contributed by atoms with van der Waals surface area (Å²) < 4.78 is 22.6. The van der Waals surface area contributed by atoms with Crippen LogP contribution >= 0.6 is 0 Å². The molecule has 2 aliphatic heterocycles. The van der Waals surface area contributed by atoms with E-state index >= 15 is 0 Å². The van der Waals surface area contributed by atoms with Crippen LogP contribution in [0.2, 0.25) is 0 Å². The minimum absolute atomic E-state index is 0.0361. The van der Waals surface area contributed by atoms with Crippen molar-refractivity contribution in [1.29, 1.82) is 5.26 Å². The molecule has 0 fully saturated rings. The molecular formula is C23H20N4O4. The second-order valence-corrected chi connectivity index (χ2v) is 7.20. The molecule has 8 nitrogen and oxygen atoms in total. The van der Waals surface area contributed by atoms with Gasteiger partial charge in [0.15, 0.2) is 11.5 Å². The third-order valence-corrected chi connectivity index (χ3v) is 5.29. The lowest BCUT2D eigenvalue weighted by Crippen LogP contribution is -2.21. The standard InChI is InChI=1S/C23H20N4O4/c1-2-9-28-16-6-4-3-5-14(16)19-15(11-24)22(25)31-23-20(19)21(26-27-23)13-7-8-17-18(10-13)30-12-29-17/h3-8,10,19H,2,9,12,25H2,1H3,(H,26,27)/t19-/m0/s1. The average Bonchev–Trinajstić information content (AvgIpc) is 3.43. The third-order valence-electron chi connectivity index (χ3n) is 5.29. The summed E-state index contributed by atoms with van der Waals surface area (Å²) in [7, 11) is 0. The molecule has 156 valence electrons. The van der Waals surface area contributed by atoms with Gasteiger partial charge in [0.2, 0.25) is 18.6 Å². The number of rotatable bonds is 5. The van der Waals surface area contributed by atoms with Gasteiger partial charge in [0.1, 0.15) is 17.4 Å². The Hall–Kier alpha value is -4.12. The van der Waals surface area contributed by atoms with E-state index in [1.54, 1.807) is 0 Å². The molecule has 0 radical (unpaired) electrons. The largest absolute Gasteiger partial charge is 0.493 e. The van der Waals surface area contributed by atoms with E-state index in [4.69, 9.17) is 24.7 Å². The molecule has 0 spiro atoms. The van der Waals surface area contributed by atoms with Gasteiger partial charge in [-0.3, -0.25) is 5.10 Å². The molecule has 0 unspecified atom stereocenters. The molecule has 31 heavy (non-hydrogen) atoms. The van der Waals surface area contributed by atoms with Crippen LogP contribution in [0, 0.1) is 11.3 Å². The molecule has 2 aliphatic rings. The molecule has 0 saturated carbocycles. The van der Waals surface area contributed by atoms with Crippen molar-refractivity contribution >= 4 is 0 Å². The van der Waals surface area contributed by atoms with E-state index in [0.29, 0.717) is 41.0 Å². The van der Waals surface area contributed by atoms with Crippen molar-refractivity contribution in [2.75, 3.05) is 13.4 Å². The summed E-state index contributed by atoms with van der Waals surface area (Å²) >= 11 is 0. The van der Waals surface area contributed by atoms with Gasteiger partial charge in [-0.25, -0.2) is 0 Å². The van der Waals surface area contributed by atoms with Crippen LogP contribution < -0.4 is 24.7 Å². The van der Waals surface area contributed by atoms with Crippen LogP contribution in [0.25, 0.3) is 11.3 Å². The third kappa shape index (κ3) is 3.11. The number of allylic oxidation sites excluding steroid dienone is 1. The number of para-hydroxylation sites is 1. The number of nitrogens with two attached hydrogens (primary N) is 1. The highest BCUT2D eigenvalue weighted by Crippen LogP contribution is 2.48. The molecule has 0 saturated heterocycles. The Morgan fingerprint density at radius 2 is 2.06 bits per heavy atom. The fraction of sp³-hybridized carbons (Fsp3) is 0.217. The maximum atomic E-state index is 9.94. The van der Waals surface area contributed by atoms with E-state index in [9.17, 15) is 5.26 Å². The fourth-order valence-corrected chi connectivity index (χ4v) is 3.89. The average molecular weight is 416 g/mol. The minimum Gasteiger partial charge on any atom is -0.493 e. The van der Waals surface area contributed by atoms with E-state index in [0.717, 1.165) is 23.1 Å². The Morgan fingerprint density at radius 1 is 1.23 bits per heavy atom. The number of aromatic amines is 1. The van der Waals surface area contributed by atoms with Crippen LogP contribution in [0.1, 0.15) is 30.4 Å². The highest BCUT2D eigenvalue weighted by Gasteiger charge is 2.37. The van der Waals surface area contributed by atoms with Crippen LogP contribution in [0.15, 0.2) is 53.9 Å². The van der Waals surface area contributed by atoms with Crippen molar-refractivity contribution in [2.24, 2.45) is 5.73 Å². The molecular weight excluding hydrogens is 396 g/mol. The van der Waals surface area contributed by atoms with Crippen LogP contribution in [0.4, 0.5) is 0 Å². The van der Waals surface area contributed by atoms with Gasteiger partial charge in [0.05, 0.1) is 23.8 Å². The van der Waals surface area contributed by atoms with Crippen LogP contribution in [-0.2, 0) is 0 Å². The monoisotopic (exact) mass is 416 g/mol. The summed E-state index contributed by atoms with van der Waals surface area (Å²) in [5, 5.41) is 17.3. The Bertz CT molecular complexity index is 1220. The molecule has 2 aromatic carbocycles. The van der Waals surface area contributed by atoms with Gasteiger partial charge in [0, 0.05) is 11.1 Å². The van der Waals surface area contributed by atoms with Crippen molar-refractivity contribution in [2.45, 2.75) is 19.3 Å². The SMILES string of the molecule is CCCOc1ccccc1[C@H]1C(C#N)=C(N)Oc2n[nH]c(-c3ccc4c(c3)OCO4)c21. The number of ether oxygens (including phenoxy) is 4. The molecule has 3 heterocycles. The van der Waals surface area contributed by atoms with E-state index in [-0.39, 0.29) is 12.7 Å². The molecule has 5 rings (SSSR count). The number of aromatic nitrogens is 2. The predicted octanol–water partition coefficient (Wildman–Crippen LogP) is 3.81. The Morgan fingerprint density at radius 3 is 2.90 bits per heavy atom. The first-order valence-corrected chi connectivity index (χ1v) is 9.98. The maximum Gasteiger partial charge on any atom is 0.244 e. The molecule has 0 bridgehead atoms. The van der Waals surface area contributed by atoms with Gasteiger partial charge in [-0.05, 0) is 30.7 Å². The van der Waals surface area contributed by atoms with Gasteiger partial charge in [-0.1, -0.05) is 25.1 Å². The summed E-state index contributed by atoms with van der Waals surface area (Å²) in [4.78, 5) is 0. The van der Waals surface area contributed by atoms with Gasteiger partial charge in [-0.2, -0.15) is 5.26 Å². The summed E-state index contributed by atoms with van der Waals surface area (Å²) in [6.07, 6.45) is 0.866. The number of hydrogen-bond donors (Lipinski definition) is 2. The molecule has 0 aliphatic carbocycles.